The van der Waals surface area contributed by atoms with Crippen molar-refractivity contribution in [1.29, 1.82) is 0 Å². The number of aliphatic hydroxyl groups is 4. The van der Waals surface area contributed by atoms with E-state index in [0.29, 0.717) is 0 Å². The summed E-state index contributed by atoms with van der Waals surface area (Å²) >= 11 is 0. The first-order chi connectivity index (χ1) is 9.83. The molecule has 4 N–H and O–H groups in total. The molecular weight excluding hydrogens is 336 g/mol. The number of methoxy groups -OCH3 is 2. The maximum atomic E-state index is 8.71. The van der Waals surface area contributed by atoms with Crippen LogP contribution < -0.4 is 0 Å². The van der Waals surface area contributed by atoms with Crippen LogP contribution >= 0.6 is 0 Å². The summed E-state index contributed by atoms with van der Waals surface area (Å²) in [6.07, 6.45) is -1.53. The van der Waals surface area contributed by atoms with E-state index in [9.17, 15) is 0 Å². The predicted molar refractivity (Wildman–Crippen MR) is 90.4 cm³/mol. The smallest absolute Gasteiger partial charge is 0.156 e. The van der Waals surface area contributed by atoms with Gasteiger partial charge in [0.05, 0.1) is 0 Å². The first-order valence-corrected chi connectivity index (χ1v) is 7.61. The molecular formula is C16H40O6Ti. The van der Waals surface area contributed by atoms with E-state index in [2.05, 4.69) is 9.47 Å². The quantitative estimate of drug-likeness (QED) is 0.442. The second kappa shape index (κ2) is 24.7. The molecule has 144 valence electrons. The zero-order valence-corrected chi connectivity index (χ0v) is 18.1. The van der Waals surface area contributed by atoms with E-state index in [1.807, 2.05) is 27.7 Å². The van der Waals surface area contributed by atoms with E-state index in [1.54, 1.807) is 27.7 Å². The van der Waals surface area contributed by atoms with E-state index in [4.69, 9.17) is 20.4 Å². The first kappa shape index (κ1) is 34.7. The van der Waals surface area contributed by atoms with Gasteiger partial charge in [0.25, 0.3) is 0 Å². The Morgan fingerprint density at radius 2 is 0.652 bits per heavy atom. The van der Waals surface area contributed by atoms with Crippen LogP contribution in [0.1, 0.15) is 55.4 Å². The van der Waals surface area contributed by atoms with Crippen molar-refractivity contribution in [3.05, 3.63) is 0 Å². The Morgan fingerprint density at radius 3 is 0.652 bits per heavy atom. The van der Waals surface area contributed by atoms with Crippen molar-refractivity contribution in [1.82, 2.24) is 0 Å². The van der Waals surface area contributed by atoms with Crippen molar-refractivity contribution in [2.24, 2.45) is 11.8 Å². The minimum absolute atomic E-state index is 0. The fourth-order valence-corrected chi connectivity index (χ4v) is 0.544. The van der Waals surface area contributed by atoms with Gasteiger partial charge < -0.3 is 29.9 Å². The van der Waals surface area contributed by atoms with Crippen LogP contribution in [0.4, 0.5) is 0 Å². The second-order valence-electron chi connectivity index (χ2n) is 5.93. The fourth-order valence-electron chi connectivity index (χ4n) is 0.544. The summed E-state index contributed by atoms with van der Waals surface area (Å²) in [4.78, 5) is 0. The molecule has 2 unspecified atom stereocenters. The molecule has 0 fully saturated rings. The Labute approximate surface area is 158 Å². The molecule has 7 heteroatoms. The topological polar surface area (TPSA) is 99.4 Å². The zero-order chi connectivity index (χ0) is 18.9. The maximum Gasteiger partial charge on any atom is 0.156 e. The van der Waals surface area contributed by atoms with Crippen LogP contribution in [0, 0.1) is 11.8 Å². The van der Waals surface area contributed by atoms with Gasteiger partial charge in [-0.1, -0.05) is 27.7 Å². The van der Waals surface area contributed by atoms with Gasteiger partial charge in [-0.15, -0.1) is 0 Å². The van der Waals surface area contributed by atoms with Crippen LogP contribution in [0.2, 0.25) is 0 Å². The molecule has 0 aromatic heterocycles. The van der Waals surface area contributed by atoms with Gasteiger partial charge in [0, 0.05) is 60.0 Å². The van der Waals surface area contributed by atoms with E-state index < -0.39 is 12.6 Å². The van der Waals surface area contributed by atoms with E-state index in [-0.39, 0.29) is 45.8 Å². The average molecular weight is 376 g/mol. The molecule has 0 rings (SSSR count). The Kier molecular flexibility index (Phi) is 37.3. The minimum Gasteiger partial charge on any atom is -0.394 e. The molecule has 0 aromatic rings. The standard InChI is InChI=1S/2C5H12O2.2C3H8O.Ti/c2*1-4(2)5(6)7-3;2*1-3(2)4;/h2*4-6H,1-3H3;2*3-4H,1-2H3;. The molecule has 0 heterocycles. The molecule has 0 aromatic carbocycles. The predicted octanol–water partition coefficient (Wildman–Crippen LogP) is 1.99. The van der Waals surface area contributed by atoms with Crippen LogP contribution in [0.5, 0.6) is 0 Å². The van der Waals surface area contributed by atoms with Gasteiger partial charge in [-0.2, -0.15) is 0 Å². The largest absolute Gasteiger partial charge is 0.394 e. The van der Waals surface area contributed by atoms with Crippen molar-refractivity contribution in [2.45, 2.75) is 80.2 Å². The van der Waals surface area contributed by atoms with E-state index >= 15 is 0 Å². The Hall–Kier alpha value is 0.474. The number of aliphatic hydroxyl groups excluding tert-OH is 4. The van der Waals surface area contributed by atoms with Crippen LogP contribution in [-0.2, 0) is 31.2 Å². The van der Waals surface area contributed by atoms with Crippen LogP contribution in [0.15, 0.2) is 0 Å². The summed E-state index contributed by atoms with van der Waals surface area (Å²) in [7, 11) is 2.98. The normalized spacial score (nSPS) is 12.3. The molecule has 6 nitrogen and oxygen atoms in total. The van der Waals surface area contributed by atoms with Crippen molar-refractivity contribution >= 4 is 0 Å². The fraction of sp³-hybridized carbons (Fsp3) is 1.00. The SMILES string of the molecule is CC(C)O.CC(C)O.COC(O)C(C)C.COC(O)C(C)C.[Ti]. The molecule has 0 aliphatic rings. The molecule has 0 spiro atoms. The third-order valence-corrected chi connectivity index (χ3v) is 1.62. The van der Waals surface area contributed by atoms with Gasteiger partial charge in [0.1, 0.15) is 0 Å². The van der Waals surface area contributed by atoms with Gasteiger partial charge in [0.15, 0.2) is 12.6 Å². The second-order valence-corrected chi connectivity index (χ2v) is 5.93. The van der Waals surface area contributed by atoms with Gasteiger partial charge >= 0.3 is 0 Å². The van der Waals surface area contributed by atoms with Gasteiger partial charge in [-0.05, 0) is 27.7 Å². The molecule has 23 heavy (non-hydrogen) atoms. The van der Waals surface area contributed by atoms with Gasteiger partial charge in [0.2, 0.25) is 0 Å². The molecule has 0 aliphatic heterocycles. The Morgan fingerprint density at radius 1 is 0.522 bits per heavy atom. The monoisotopic (exact) mass is 376 g/mol. The zero-order valence-electron chi connectivity index (χ0n) is 16.6. The van der Waals surface area contributed by atoms with E-state index in [0.717, 1.165) is 0 Å². The molecule has 0 aliphatic carbocycles. The molecule has 0 saturated heterocycles. The molecule has 2 atom stereocenters. The molecule has 0 bridgehead atoms. The van der Waals surface area contributed by atoms with Crippen LogP contribution in [0.3, 0.4) is 0 Å². The van der Waals surface area contributed by atoms with Crippen LogP contribution in [0.25, 0.3) is 0 Å². The summed E-state index contributed by atoms with van der Waals surface area (Å²) in [5, 5.41) is 33.5. The summed E-state index contributed by atoms with van der Waals surface area (Å²) in [5.41, 5.74) is 0. The summed E-state index contributed by atoms with van der Waals surface area (Å²) in [6.45, 7) is 14.5. The number of hydrogen-bond acceptors (Lipinski definition) is 6. The van der Waals surface area contributed by atoms with Crippen molar-refractivity contribution in [3.8, 4) is 0 Å². The molecule has 0 amide bonds. The summed E-state index contributed by atoms with van der Waals surface area (Å²) in [5.74, 6) is 0.398. The molecule has 0 radical (unpaired) electrons. The van der Waals surface area contributed by atoms with Gasteiger partial charge in [-0.25, -0.2) is 0 Å². The van der Waals surface area contributed by atoms with Gasteiger partial charge in [-0.3, -0.25) is 0 Å². The summed E-state index contributed by atoms with van der Waals surface area (Å²) in [6, 6.07) is 0. The number of ether oxygens (including phenoxy) is 2. The van der Waals surface area contributed by atoms with Crippen molar-refractivity contribution in [2.75, 3.05) is 14.2 Å². The molecule has 0 saturated carbocycles. The third-order valence-electron chi connectivity index (χ3n) is 1.62. The average Bonchev–Trinajstić information content (AvgIpc) is 2.35. The number of rotatable bonds is 4. The Balaban J connectivity index is -0.0000000639. The van der Waals surface area contributed by atoms with Crippen molar-refractivity contribution < 1.29 is 51.6 Å². The first-order valence-electron chi connectivity index (χ1n) is 7.61. The van der Waals surface area contributed by atoms with E-state index in [1.165, 1.54) is 14.2 Å². The van der Waals surface area contributed by atoms with Crippen LogP contribution in [-0.4, -0.2) is 59.4 Å². The van der Waals surface area contributed by atoms with Crippen molar-refractivity contribution in [3.63, 3.8) is 0 Å². The maximum absolute atomic E-state index is 8.71. The third kappa shape index (κ3) is 60.5. The Bertz CT molecular complexity index is 164. The number of hydrogen-bond donors (Lipinski definition) is 4. The summed E-state index contributed by atoms with van der Waals surface area (Å²) < 4.78 is 9.13. The minimum atomic E-state index is -0.597.